The number of nitrogens with one attached hydrogen (secondary N) is 1. The van der Waals surface area contributed by atoms with Gasteiger partial charge in [0.2, 0.25) is 5.91 Å². The van der Waals surface area contributed by atoms with Crippen molar-refractivity contribution < 1.29 is 14.7 Å². The number of carbonyl (C=O) groups excluding carboxylic acids is 1. The van der Waals surface area contributed by atoms with Gasteiger partial charge in [-0.3, -0.25) is 4.79 Å². The third-order valence-corrected chi connectivity index (χ3v) is 3.88. The van der Waals surface area contributed by atoms with E-state index in [-0.39, 0.29) is 11.8 Å². The van der Waals surface area contributed by atoms with Gasteiger partial charge < -0.3 is 15.3 Å². The van der Waals surface area contributed by atoms with Crippen molar-refractivity contribution in [1.29, 1.82) is 0 Å². The van der Waals surface area contributed by atoms with Gasteiger partial charge in [0.25, 0.3) is 0 Å². The predicted molar refractivity (Wildman–Crippen MR) is 70.4 cm³/mol. The first-order valence-corrected chi connectivity index (χ1v) is 6.56. The van der Waals surface area contributed by atoms with Crippen LogP contribution in [0.25, 0.3) is 0 Å². The molecule has 1 aromatic carbocycles. The lowest BCUT2D eigenvalue weighted by molar-refractivity contribution is -0.123. The Bertz CT molecular complexity index is 537. The molecule has 0 spiro atoms. The summed E-state index contributed by atoms with van der Waals surface area (Å²) in [6, 6.07) is 5.18. The minimum atomic E-state index is -0.920. The molecule has 0 bridgehead atoms. The van der Waals surface area contributed by atoms with Gasteiger partial charge in [0, 0.05) is 25.3 Å². The molecule has 0 aromatic heterocycles. The summed E-state index contributed by atoms with van der Waals surface area (Å²) in [5, 5.41) is 12.3. The summed E-state index contributed by atoms with van der Waals surface area (Å²) in [5.41, 5.74) is 1.90. The van der Waals surface area contributed by atoms with Crippen molar-refractivity contribution in [2.24, 2.45) is 5.92 Å². The Kier molecular flexibility index (Phi) is 2.98. The molecular weight excluding hydrogens is 244 g/mol. The summed E-state index contributed by atoms with van der Waals surface area (Å²) in [6.07, 6.45) is 1.55. The zero-order valence-corrected chi connectivity index (χ0v) is 10.6. The summed E-state index contributed by atoms with van der Waals surface area (Å²) >= 11 is 0. The minimum absolute atomic E-state index is 0.0411. The number of anilines is 1. The summed E-state index contributed by atoms with van der Waals surface area (Å²) in [4.78, 5) is 25.4. The maximum Gasteiger partial charge on any atom is 0.336 e. The van der Waals surface area contributed by atoms with Crippen LogP contribution >= 0.6 is 0 Å². The maximum atomic E-state index is 12.4. The molecule has 2 aliphatic rings. The van der Waals surface area contributed by atoms with E-state index in [0.717, 1.165) is 37.2 Å². The second kappa shape index (κ2) is 4.66. The number of carboxylic acids is 1. The lowest BCUT2D eigenvalue weighted by Crippen LogP contribution is -2.53. The molecular formula is C14H16N2O3. The highest BCUT2D eigenvalue weighted by Crippen LogP contribution is 2.31. The first kappa shape index (κ1) is 12.2. The average Bonchev–Trinajstić information content (AvgIpc) is 2.35. The van der Waals surface area contributed by atoms with Crippen LogP contribution in [0.5, 0.6) is 0 Å². The second-order valence-corrected chi connectivity index (χ2v) is 5.06. The van der Waals surface area contributed by atoms with Crippen LogP contribution in [-0.2, 0) is 11.2 Å². The van der Waals surface area contributed by atoms with E-state index in [1.165, 1.54) is 0 Å². The fourth-order valence-electron chi connectivity index (χ4n) is 2.74. The molecule has 19 heavy (non-hydrogen) atoms. The van der Waals surface area contributed by atoms with Crippen LogP contribution < -0.4 is 10.2 Å². The number of carboxylic acid groups (broad SMARTS) is 1. The number of rotatable bonds is 2. The maximum absolute atomic E-state index is 12.4. The molecule has 0 atom stereocenters. The summed E-state index contributed by atoms with van der Waals surface area (Å²) in [7, 11) is 0. The highest BCUT2D eigenvalue weighted by Gasteiger charge is 2.33. The van der Waals surface area contributed by atoms with Gasteiger partial charge in [-0.25, -0.2) is 4.79 Å². The van der Waals surface area contributed by atoms with Gasteiger partial charge in [0.05, 0.1) is 11.5 Å². The largest absolute Gasteiger partial charge is 0.478 e. The van der Waals surface area contributed by atoms with Gasteiger partial charge in [-0.2, -0.15) is 0 Å². The van der Waals surface area contributed by atoms with Gasteiger partial charge in [0.15, 0.2) is 0 Å². The first-order valence-electron chi connectivity index (χ1n) is 6.56. The molecule has 1 amide bonds. The molecule has 3 rings (SSSR count). The molecule has 0 unspecified atom stereocenters. The Morgan fingerprint density at radius 3 is 2.74 bits per heavy atom. The van der Waals surface area contributed by atoms with E-state index in [1.807, 2.05) is 6.07 Å². The minimum Gasteiger partial charge on any atom is -0.478 e. The van der Waals surface area contributed by atoms with E-state index < -0.39 is 5.97 Å². The number of hydrogen-bond acceptors (Lipinski definition) is 3. The molecule has 5 heteroatoms. The van der Waals surface area contributed by atoms with Crippen LogP contribution in [0.3, 0.4) is 0 Å². The SMILES string of the molecule is O=C(O)c1cccc2c1CCCN2C(=O)C1CNC1. The van der Waals surface area contributed by atoms with Crippen molar-refractivity contribution in [1.82, 2.24) is 5.32 Å². The summed E-state index contributed by atoms with van der Waals surface area (Å²) < 4.78 is 0. The zero-order valence-electron chi connectivity index (χ0n) is 10.6. The van der Waals surface area contributed by atoms with Gasteiger partial charge >= 0.3 is 5.97 Å². The third kappa shape index (κ3) is 2.00. The van der Waals surface area contributed by atoms with Crippen molar-refractivity contribution in [3.63, 3.8) is 0 Å². The van der Waals surface area contributed by atoms with E-state index in [9.17, 15) is 14.7 Å². The van der Waals surface area contributed by atoms with Crippen LogP contribution in [0.4, 0.5) is 5.69 Å². The molecule has 2 aliphatic heterocycles. The number of benzene rings is 1. The lowest BCUT2D eigenvalue weighted by atomic mass is 9.94. The summed E-state index contributed by atoms with van der Waals surface area (Å²) in [5.74, 6) is -0.766. The molecule has 2 heterocycles. The Labute approximate surface area is 111 Å². The Balaban J connectivity index is 1.97. The van der Waals surface area contributed by atoms with Gasteiger partial charge in [-0.1, -0.05) is 6.07 Å². The van der Waals surface area contributed by atoms with E-state index in [0.29, 0.717) is 12.1 Å². The molecule has 5 nitrogen and oxygen atoms in total. The Morgan fingerprint density at radius 2 is 2.11 bits per heavy atom. The summed E-state index contributed by atoms with van der Waals surface area (Å²) in [6.45, 7) is 2.14. The molecule has 1 saturated heterocycles. The monoisotopic (exact) mass is 260 g/mol. The third-order valence-electron chi connectivity index (χ3n) is 3.88. The Morgan fingerprint density at radius 1 is 1.32 bits per heavy atom. The van der Waals surface area contributed by atoms with E-state index in [2.05, 4.69) is 5.32 Å². The van der Waals surface area contributed by atoms with Gasteiger partial charge in [-0.05, 0) is 30.5 Å². The quantitative estimate of drug-likeness (QED) is 0.828. The molecule has 1 aromatic rings. The van der Waals surface area contributed by atoms with Crippen molar-refractivity contribution in [2.45, 2.75) is 12.8 Å². The molecule has 1 fully saturated rings. The van der Waals surface area contributed by atoms with Crippen LogP contribution in [-0.4, -0.2) is 36.6 Å². The van der Waals surface area contributed by atoms with Crippen molar-refractivity contribution in [2.75, 3.05) is 24.5 Å². The number of fused-ring (bicyclic) bond motifs is 1. The predicted octanol–water partition coefficient (Wildman–Crippen LogP) is 0.883. The number of carbonyl (C=O) groups is 2. The molecule has 2 N–H and O–H groups in total. The highest BCUT2D eigenvalue weighted by atomic mass is 16.4. The van der Waals surface area contributed by atoms with Crippen molar-refractivity contribution in [3.8, 4) is 0 Å². The highest BCUT2D eigenvalue weighted by molar-refractivity contribution is 5.99. The smallest absolute Gasteiger partial charge is 0.336 e. The normalized spacial score (nSPS) is 18.6. The number of aromatic carboxylic acids is 1. The lowest BCUT2D eigenvalue weighted by Gasteiger charge is -2.36. The van der Waals surface area contributed by atoms with E-state index in [4.69, 9.17) is 0 Å². The zero-order chi connectivity index (χ0) is 13.4. The fraction of sp³-hybridized carbons (Fsp3) is 0.429. The molecule has 0 radical (unpaired) electrons. The van der Waals surface area contributed by atoms with Crippen molar-refractivity contribution in [3.05, 3.63) is 29.3 Å². The van der Waals surface area contributed by atoms with Crippen LogP contribution in [0.15, 0.2) is 18.2 Å². The number of hydrogen-bond donors (Lipinski definition) is 2. The van der Waals surface area contributed by atoms with Crippen LogP contribution in [0.2, 0.25) is 0 Å². The number of nitrogens with zero attached hydrogens (tertiary/aromatic N) is 1. The average molecular weight is 260 g/mol. The molecule has 0 aliphatic carbocycles. The fourth-order valence-corrected chi connectivity index (χ4v) is 2.74. The molecule has 0 saturated carbocycles. The topological polar surface area (TPSA) is 69.6 Å². The van der Waals surface area contributed by atoms with E-state index >= 15 is 0 Å². The van der Waals surface area contributed by atoms with Crippen molar-refractivity contribution >= 4 is 17.6 Å². The standard InChI is InChI=1S/C14H16N2O3/c17-13(9-7-15-8-9)16-6-2-4-10-11(14(18)19)3-1-5-12(10)16/h1,3,5,9,15H,2,4,6-8H2,(H,18,19). The number of amides is 1. The first-order chi connectivity index (χ1) is 9.18. The van der Waals surface area contributed by atoms with Gasteiger partial charge in [-0.15, -0.1) is 0 Å². The van der Waals surface area contributed by atoms with Gasteiger partial charge in [0.1, 0.15) is 0 Å². The van der Waals surface area contributed by atoms with Crippen LogP contribution in [0, 0.1) is 5.92 Å². The van der Waals surface area contributed by atoms with Crippen LogP contribution in [0.1, 0.15) is 22.3 Å². The molecule has 100 valence electrons. The second-order valence-electron chi connectivity index (χ2n) is 5.06. The van der Waals surface area contributed by atoms with E-state index in [1.54, 1.807) is 17.0 Å². The Hall–Kier alpha value is -1.88.